The highest BCUT2D eigenvalue weighted by Crippen LogP contribution is 2.59. The van der Waals surface area contributed by atoms with Crippen molar-refractivity contribution in [2.24, 2.45) is 5.92 Å². The zero-order valence-electron chi connectivity index (χ0n) is 17.7. The van der Waals surface area contributed by atoms with Gasteiger partial charge >= 0.3 is 12.2 Å². The van der Waals surface area contributed by atoms with Crippen molar-refractivity contribution in [3.63, 3.8) is 0 Å². The lowest BCUT2D eigenvalue weighted by Crippen LogP contribution is -2.34. The number of ether oxygens (including phenoxy) is 2. The second-order valence-corrected chi connectivity index (χ2v) is 8.52. The molecule has 0 radical (unpaired) electrons. The Morgan fingerprint density at radius 3 is 2.78 bits per heavy atom. The van der Waals surface area contributed by atoms with Crippen LogP contribution in [0.25, 0.3) is 0 Å². The first-order valence-electron chi connectivity index (χ1n) is 10.6. The van der Waals surface area contributed by atoms with Crippen LogP contribution in [-0.2, 0) is 14.9 Å². The number of carbonyl (C=O) groups excluding carboxylic acids is 3. The molecule has 2 saturated heterocycles. The number of anilines is 1. The zero-order valence-corrected chi connectivity index (χ0v) is 17.7. The molecular weight excluding hydrogens is 412 g/mol. The number of fused-ring (bicyclic) bond motifs is 1. The Kier molecular flexibility index (Phi) is 4.96. The number of hydrogen-bond donors (Lipinski definition) is 1. The van der Waals surface area contributed by atoms with Crippen molar-refractivity contribution in [1.82, 2.24) is 15.2 Å². The highest BCUT2D eigenvalue weighted by molar-refractivity contribution is 5.94. The lowest BCUT2D eigenvalue weighted by atomic mass is 9.94. The molecular formula is C23H24N4O5. The maximum atomic E-state index is 12.8. The smallest absolute Gasteiger partial charge is 0.414 e. The van der Waals surface area contributed by atoms with E-state index >= 15 is 0 Å². The third-order valence-corrected chi connectivity index (χ3v) is 6.63. The Bertz CT molecular complexity index is 1040. The number of benzene rings is 1. The van der Waals surface area contributed by atoms with Crippen LogP contribution in [0.3, 0.4) is 0 Å². The summed E-state index contributed by atoms with van der Waals surface area (Å²) in [6, 6.07) is 11.5. The number of methoxy groups -OCH3 is 1. The average molecular weight is 436 g/mol. The molecule has 1 N–H and O–H groups in total. The fourth-order valence-electron chi connectivity index (χ4n) is 4.84. The van der Waals surface area contributed by atoms with Gasteiger partial charge in [0.2, 0.25) is 0 Å². The van der Waals surface area contributed by atoms with Gasteiger partial charge in [0.05, 0.1) is 25.8 Å². The number of hydrogen-bond acceptors (Lipinski definition) is 6. The van der Waals surface area contributed by atoms with Crippen LogP contribution in [-0.4, -0.2) is 67.4 Å². The van der Waals surface area contributed by atoms with E-state index < -0.39 is 18.3 Å². The maximum absolute atomic E-state index is 12.8. The van der Waals surface area contributed by atoms with E-state index in [9.17, 15) is 14.4 Å². The minimum Gasteiger partial charge on any atom is -0.453 e. The van der Waals surface area contributed by atoms with Gasteiger partial charge < -0.3 is 19.7 Å². The number of cyclic esters (lactones) is 1. The van der Waals surface area contributed by atoms with E-state index in [-0.39, 0.29) is 17.9 Å². The van der Waals surface area contributed by atoms with Crippen molar-refractivity contribution in [3.05, 3.63) is 59.9 Å². The molecule has 3 amide bonds. The molecule has 3 atom stereocenters. The van der Waals surface area contributed by atoms with Crippen LogP contribution >= 0.6 is 0 Å². The Morgan fingerprint density at radius 1 is 1.25 bits per heavy atom. The van der Waals surface area contributed by atoms with E-state index in [1.807, 2.05) is 29.2 Å². The molecule has 3 fully saturated rings. The fourth-order valence-corrected chi connectivity index (χ4v) is 4.84. The van der Waals surface area contributed by atoms with Crippen molar-refractivity contribution >= 4 is 23.8 Å². The minimum atomic E-state index is -0.560. The zero-order chi connectivity index (χ0) is 22.3. The first-order valence-corrected chi connectivity index (χ1v) is 10.6. The minimum absolute atomic E-state index is 0.00507. The average Bonchev–Trinajstić information content (AvgIpc) is 3.19. The predicted octanol–water partition coefficient (Wildman–Crippen LogP) is 2.18. The molecule has 2 aromatic rings. The summed E-state index contributed by atoms with van der Waals surface area (Å²) in [6.07, 6.45) is 2.90. The first-order chi connectivity index (χ1) is 15.5. The van der Waals surface area contributed by atoms with Gasteiger partial charge in [-0.1, -0.05) is 12.1 Å². The SMILES string of the molecule is COC(=O)NC[C@H]1CN(c2ccc(C34CC3CN(C(=O)c3cccnc3)C4)cc2)C(=O)O1. The number of nitrogens with zero attached hydrogens (tertiary/aromatic N) is 3. The van der Waals surface area contributed by atoms with Crippen LogP contribution in [0, 0.1) is 5.92 Å². The standard InChI is InChI=1S/C23H24N4O5/c1-31-21(29)25-11-19-13-27(22(30)32-19)18-6-4-16(5-7-18)23-9-17(23)12-26(14-23)20(28)15-3-2-8-24-10-15/h2-8,10,17,19H,9,11-14H2,1H3,(H,25,29)/t17?,19-,23?/m0/s1. The second-order valence-electron chi connectivity index (χ2n) is 8.52. The molecule has 0 bridgehead atoms. The van der Waals surface area contributed by atoms with Gasteiger partial charge in [0, 0.05) is 36.6 Å². The van der Waals surface area contributed by atoms with Gasteiger partial charge in [-0.2, -0.15) is 0 Å². The second kappa shape index (κ2) is 7.81. The summed E-state index contributed by atoms with van der Waals surface area (Å²) < 4.78 is 9.87. The van der Waals surface area contributed by atoms with Crippen molar-refractivity contribution in [1.29, 1.82) is 0 Å². The topological polar surface area (TPSA) is 101 Å². The largest absolute Gasteiger partial charge is 0.453 e. The first kappa shape index (κ1) is 20.3. The van der Waals surface area contributed by atoms with Crippen LogP contribution in [0.4, 0.5) is 15.3 Å². The molecule has 1 aromatic carbocycles. The molecule has 1 aromatic heterocycles. The third-order valence-electron chi connectivity index (χ3n) is 6.63. The van der Waals surface area contributed by atoms with Crippen molar-refractivity contribution < 1.29 is 23.9 Å². The molecule has 0 spiro atoms. The maximum Gasteiger partial charge on any atom is 0.414 e. The molecule has 9 nitrogen and oxygen atoms in total. The number of rotatable bonds is 5. The number of piperidine rings is 1. The molecule has 1 saturated carbocycles. The number of carbonyl (C=O) groups is 3. The number of aromatic nitrogens is 1. The molecule has 3 aliphatic rings. The van der Waals surface area contributed by atoms with Crippen LogP contribution in [0.15, 0.2) is 48.8 Å². The Hall–Kier alpha value is -3.62. The van der Waals surface area contributed by atoms with Gasteiger partial charge in [0.1, 0.15) is 6.10 Å². The molecule has 32 heavy (non-hydrogen) atoms. The lowest BCUT2D eigenvalue weighted by Gasteiger charge is -2.22. The molecule has 2 unspecified atom stereocenters. The number of nitrogens with one attached hydrogen (secondary N) is 1. The van der Waals surface area contributed by atoms with Gasteiger partial charge in [-0.25, -0.2) is 9.59 Å². The molecule has 1 aliphatic carbocycles. The van der Waals surface area contributed by atoms with Gasteiger partial charge in [-0.05, 0) is 42.2 Å². The van der Waals surface area contributed by atoms with Crippen LogP contribution < -0.4 is 10.2 Å². The highest BCUT2D eigenvalue weighted by atomic mass is 16.6. The number of pyridine rings is 1. The summed E-state index contributed by atoms with van der Waals surface area (Å²) in [5, 5.41) is 2.55. The van der Waals surface area contributed by atoms with Gasteiger partial charge in [0.25, 0.3) is 5.91 Å². The number of amides is 3. The highest BCUT2D eigenvalue weighted by Gasteiger charge is 2.61. The Morgan fingerprint density at radius 2 is 2.06 bits per heavy atom. The summed E-state index contributed by atoms with van der Waals surface area (Å²) in [5.74, 6) is 0.479. The summed E-state index contributed by atoms with van der Waals surface area (Å²) in [4.78, 5) is 43.8. The van der Waals surface area contributed by atoms with Gasteiger partial charge in [-0.15, -0.1) is 0 Å². The van der Waals surface area contributed by atoms with Crippen LogP contribution in [0.1, 0.15) is 22.3 Å². The summed E-state index contributed by atoms with van der Waals surface area (Å²) >= 11 is 0. The van der Waals surface area contributed by atoms with E-state index in [1.165, 1.54) is 12.7 Å². The molecule has 166 valence electrons. The van der Waals surface area contributed by atoms with Crippen molar-refractivity contribution in [3.8, 4) is 0 Å². The monoisotopic (exact) mass is 436 g/mol. The number of alkyl carbamates (subject to hydrolysis) is 1. The van der Waals surface area contributed by atoms with Gasteiger partial charge in [0.15, 0.2) is 0 Å². The van der Waals surface area contributed by atoms with E-state index in [0.29, 0.717) is 24.6 Å². The van der Waals surface area contributed by atoms with Crippen molar-refractivity contribution in [2.75, 3.05) is 38.2 Å². The van der Waals surface area contributed by atoms with E-state index in [1.54, 1.807) is 29.4 Å². The molecule has 3 heterocycles. The predicted molar refractivity (Wildman–Crippen MR) is 114 cm³/mol. The third kappa shape index (κ3) is 3.53. The van der Waals surface area contributed by atoms with E-state index in [0.717, 1.165) is 18.7 Å². The summed E-state index contributed by atoms with van der Waals surface area (Å²) in [6.45, 7) is 1.99. The van der Waals surface area contributed by atoms with E-state index in [4.69, 9.17) is 4.74 Å². The van der Waals surface area contributed by atoms with E-state index in [2.05, 4.69) is 15.0 Å². The van der Waals surface area contributed by atoms with Gasteiger partial charge in [-0.3, -0.25) is 14.7 Å². The Labute approximate surface area is 185 Å². The quantitative estimate of drug-likeness (QED) is 0.771. The van der Waals surface area contributed by atoms with Crippen LogP contribution in [0.2, 0.25) is 0 Å². The van der Waals surface area contributed by atoms with Crippen LogP contribution in [0.5, 0.6) is 0 Å². The molecule has 5 rings (SSSR count). The normalized spacial score (nSPS) is 25.8. The Balaban J connectivity index is 1.23. The lowest BCUT2D eigenvalue weighted by molar-refractivity contribution is 0.0771. The molecule has 2 aliphatic heterocycles. The molecule has 9 heteroatoms. The number of likely N-dealkylation sites (tertiary alicyclic amines) is 1. The fraction of sp³-hybridized carbons (Fsp3) is 0.391. The van der Waals surface area contributed by atoms with Crippen molar-refractivity contribution in [2.45, 2.75) is 17.9 Å². The summed E-state index contributed by atoms with van der Waals surface area (Å²) in [7, 11) is 1.28. The summed E-state index contributed by atoms with van der Waals surface area (Å²) in [5.41, 5.74) is 2.54.